The van der Waals surface area contributed by atoms with E-state index in [1.165, 1.54) is 16.5 Å². The molecule has 7 nitrogen and oxygen atoms in total. The lowest BCUT2D eigenvalue weighted by Gasteiger charge is -2.28. The molecule has 1 heterocycles. The Labute approximate surface area is 227 Å². The predicted octanol–water partition coefficient (Wildman–Crippen LogP) is 5.03. The summed E-state index contributed by atoms with van der Waals surface area (Å²) in [6.07, 6.45) is 1.82. The quantitative estimate of drug-likeness (QED) is 0.362. The van der Waals surface area contributed by atoms with E-state index in [0.29, 0.717) is 11.4 Å². The summed E-state index contributed by atoms with van der Waals surface area (Å²) in [5.41, 5.74) is 4.42. The minimum atomic E-state index is -0.698. The molecular formula is C32H30N2O5. The van der Waals surface area contributed by atoms with E-state index in [1.54, 1.807) is 18.2 Å². The van der Waals surface area contributed by atoms with E-state index in [1.807, 2.05) is 50.2 Å². The first kappa shape index (κ1) is 25.0. The summed E-state index contributed by atoms with van der Waals surface area (Å²) in [7, 11) is 0. The number of esters is 1. The van der Waals surface area contributed by atoms with E-state index in [-0.39, 0.29) is 47.0 Å². The summed E-state index contributed by atoms with van der Waals surface area (Å²) in [6, 6.07) is 22.2. The zero-order valence-corrected chi connectivity index (χ0v) is 21.9. The topological polar surface area (TPSA) is 92.8 Å². The van der Waals surface area contributed by atoms with Gasteiger partial charge in [0.1, 0.15) is 0 Å². The third kappa shape index (κ3) is 4.42. The van der Waals surface area contributed by atoms with Gasteiger partial charge in [-0.1, -0.05) is 54.1 Å². The van der Waals surface area contributed by atoms with Crippen LogP contribution >= 0.6 is 0 Å². The largest absolute Gasteiger partial charge is 0.452 e. The second kappa shape index (κ2) is 9.80. The van der Waals surface area contributed by atoms with Gasteiger partial charge in [-0.3, -0.25) is 19.3 Å². The molecule has 7 heteroatoms. The Balaban J connectivity index is 1.14. The average Bonchev–Trinajstić information content (AvgIpc) is 3.60. The molecule has 2 bridgehead atoms. The molecule has 39 heavy (non-hydrogen) atoms. The van der Waals surface area contributed by atoms with Crippen molar-refractivity contribution in [3.05, 3.63) is 95.1 Å². The number of nitrogens with one attached hydrogen (secondary N) is 1. The Kier molecular flexibility index (Phi) is 6.29. The number of imide groups is 1. The fraction of sp³-hybridized carbons (Fsp3) is 0.312. The van der Waals surface area contributed by atoms with E-state index in [4.69, 9.17) is 4.74 Å². The lowest BCUT2D eigenvalue weighted by Crippen LogP contribution is -2.33. The van der Waals surface area contributed by atoms with Crippen molar-refractivity contribution in [3.8, 4) is 0 Å². The molecule has 3 aliphatic rings. The Morgan fingerprint density at radius 3 is 2.44 bits per heavy atom. The molecule has 2 saturated carbocycles. The van der Waals surface area contributed by atoms with E-state index < -0.39 is 18.5 Å². The molecule has 3 aromatic carbocycles. The van der Waals surface area contributed by atoms with Crippen molar-refractivity contribution in [2.24, 2.45) is 23.7 Å². The van der Waals surface area contributed by atoms with Crippen LogP contribution in [0.2, 0.25) is 0 Å². The number of amides is 3. The molecule has 3 fully saturated rings. The first-order valence-electron chi connectivity index (χ1n) is 13.4. The molecule has 1 saturated heterocycles. The highest BCUT2D eigenvalue weighted by atomic mass is 16.5. The van der Waals surface area contributed by atoms with Gasteiger partial charge < -0.3 is 10.1 Å². The SMILES string of the molecule is Cc1ccc(NC(=O)COC(=O)c2cccc(N3C(=O)[C@@H]4[C@@H]5C[C@@H]([C@H]4C3=O)[C@H](c3ccccc3)C5)c2)c(C)c1. The van der Waals surface area contributed by atoms with Crippen LogP contribution in [0.15, 0.2) is 72.8 Å². The number of anilines is 2. The van der Waals surface area contributed by atoms with E-state index in [2.05, 4.69) is 17.4 Å². The number of nitrogens with zero attached hydrogens (tertiary/aromatic N) is 1. The molecule has 1 N–H and O–H groups in total. The molecule has 3 aromatic rings. The number of hydrogen-bond acceptors (Lipinski definition) is 5. The molecule has 6 rings (SSSR count). The minimum Gasteiger partial charge on any atom is -0.452 e. The van der Waals surface area contributed by atoms with Crippen LogP contribution in [-0.4, -0.2) is 30.3 Å². The number of aryl methyl sites for hydroxylation is 2. The third-order valence-corrected chi connectivity index (χ3v) is 8.57. The van der Waals surface area contributed by atoms with E-state index in [9.17, 15) is 19.2 Å². The first-order valence-corrected chi connectivity index (χ1v) is 13.4. The normalized spacial score (nSPS) is 25.1. The second-order valence-electron chi connectivity index (χ2n) is 11.0. The van der Waals surface area contributed by atoms with E-state index >= 15 is 0 Å². The lowest BCUT2D eigenvalue weighted by molar-refractivity contribution is -0.123. The fourth-order valence-electron chi connectivity index (χ4n) is 6.92. The fourth-order valence-corrected chi connectivity index (χ4v) is 6.92. The van der Waals surface area contributed by atoms with Crippen molar-refractivity contribution in [1.29, 1.82) is 0 Å². The zero-order valence-electron chi connectivity index (χ0n) is 21.9. The van der Waals surface area contributed by atoms with Crippen LogP contribution < -0.4 is 10.2 Å². The summed E-state index contributed by atoms with van der Waals surface area (Å²) in [6.45, 7) is 3.41. The number of rotatable bonds is 6. The van der Waals surface area contributed by atoms with Gasteiger partial charge in [0.15, 0.2) is 6.61 Å². The van der Waals surface area contributed by atoms with Gasteiger partial charge in [0, 0.05) is 5.69 Å². The standard InChI is InChI=1S/C32H30N2O5/c1-18-11-12-26(19(2)13-18)33-27(35)17-39-32(38)21-9-6-10-23(14-21)34-30(36)28-22-15-24(20-7-4-3-5-8-20)25(16-22)29(28)31(34)37/h3-14,22,24-25,28-29H,15-17H2,1-2H3,(H,33,35)/t22-,24-,25+,28+,29+/m0/s1. The maximum Gasteiger partial charge on any atom is 0.338 e. The Hall–Kier alpha value is -4.26. The number of hydrogen-bond donors (Lipinski definition) is 1. The number of fused-ring (bicyclic) bond motifs is 5. The molecule has 0 aromatic heterocycles. The summed E-state index contributed by atoms with van der Waals surface area (Å²) < 4.78 is 5.24. The summed E-state index contributed by atoms with van der Waals surface area (Å²) in [5, 5.41) is 2.75. The molecule has 0 unspecified atom stereocenters. The van der Waals surface area contributed by atoms with Gasteiger partial charge in [-0.15, -0.1) is 0 Å². The van der Waals surface area contributed by atoms with Crippen LogP contribution in [0.5, 0.6) is 0 Å². The molecule has 198 valence electrons. The smallest absolute Gasteiger partial charge is 0.338 e. The highest BCUT2D eigenvalue weighted by Crippen LogP contribution is 2.61. The number of carbonyl (C=O) groups is 4. The molecule has 5 atom stereocenters. The van der Waals surface area contributed by atoms with Crippen molar-refractivity contribution in [3.63, 3.8) is 0 Å². The lowest BCUT2D eigenvalue weighted by atomic mass is 9.73. The van der Waals surface area contributed by atoms with Gasteiger partial charge in [0.2, 0.25) is 11.8 Å². The van der Waals surface area contributed by atoms with Crippen LogP contribution in [0.3, 0.4) is 0 Å². The number of benzene rings is 3. The highest BCUT2D eigenvalue weighted by Gasteiger charge is 2.64. The molecule has 2 aliphatic carbocycles. The Bertz CT molecular complexity index is 1480. The van der Waals surface area contributed by atoms with Crippen molar-refractivity contribution >= 4 is 35.1 Å². The van der Waals surface area contributed by atoms with Gasteiger partial charge in [0.25, 0.3) is 5.91 Å². The minimum absolute atomic E-state index is 0.146. The van der Waals surface area contributed by atoms with Crippen molar-refractivity contribution < 1.29 is 23.9 Å². The van der Waals surface area contributed by atoms with Gasteiger partial charge >= 0.3 is 5.97 Å². The number of ether oxygens (including phenoxy) is 1. The maximum atomic E-state index is 13.6. The zero-order chi connectivity index (χ0) is 27.3. The second-order valence-corrected chi connectivity index (χ2v) is 11.0. The van der Waals surface area contributed by atoms with Crippen molar-refractivity contribution in [2.75, 3.05) is 16.8 Å². The predicted molar refractivity (Wildman–Crippen MR) is 146 cm³/mol. The van der Waals surface area contributed by atoms with Crippen LogP contribution in [-0.2, 0) is 19.1 Å². The van der Waals surface area contributed by atoms with Gasteiger partial charge in [0.05, 0.1) is 23.1 Å². The molecule has 0 spiro atoms. The first-order chi connectivity index (χ1) is 18.8. The summed E-state index contributed by atoms with van der Waals surface area (Å²) in [5.74, 6) is -1.52. The molecule has 1 aliphatic heterocycles. The van der Waals surface area contributed by atoms with Gasteiger partial charge in [-0.2, -0.15) is 0 Å². The van der Waals surface area contributed by atoms with Crippen molar-refractivity contribution in [1.82, 2.24) is 0 Å². The molecule has 3 amide bonds. The maximum absolute atomic E-state index is 13.6. The van der Waals surface area contributed by atoms with E-state index in [0.717, 1.165) is 24.0 Å². The van der Waals surface area contributed by atoms with Crippen molar-refractivity contribution in [2.45, 2.75) is 32.6 Å². The highest BCUT2D eigenvalue weighted by molar-refractivity contribution is 6.23. The monoisotopic (exact) mass is 522 g/mol. The third-order valence-electron chi connectivity index (χ3n) is 8.57. The van der Waals surface area contributed by atoms with Crippen LogP contribution in [0.25, 0.3) is 0 Å². The van der Waals surface area contributed by atoms with Crippen LogP contribution in [0.4, 0.5) is 11.4 Å². The number of carbonyl (C=O) groups excluding carboxylic acids is 4. The summed E-state index contributed by atoms with van der Waals surface area (Å²) >= 11 is 0. The Morgan fingerprint density at radius 2 is 1.67 bits per heavy atom. The van der Waals surface area contributed by atoms with Crippen LogP contribution in [0.1, 0.15) is 45.8 Å². The summed E-state index contributed by atoms with van der Waals surface area (Å²) in [4.78, 5) is 53.5. The van der Waals surface area contributed by atoms with Gasteiger partial charge in [-0.05, 0) is 79.8 Å². The Morgan fingerprint density at radius 1 is 0.897 bits per heavy atom. The van der Waals surface area contributed by atoms with Gasteiger partial charge in [-0.25, -0.2) is 4.79 Å². The van der Waals surface area contributed by atoms with Crippen LogP contribution in [0, 0.1) is 37.5 Å². The molecule has 0 radical (unpaired) electrons. The molecular weight excluding hydrogens is 492 g/mol. The average molecular weight is 523 g/mol.